The van der Waals surface area contributed by atoms with Gasteiger partial charge in [0.15, 0.2) is 6.61 Å². The SMILES string of the molecule is COc1ccc(NC(=O)COc2ccc(/C=N/NC(=O)c3cccc(OC)c3)cc2Cl)cc1. The van der Waals surface area contributed by atoms with Gasteiger partial charge in [0.25, 0.3) is 11.8 Å². The number of halogens is 1. The maximum atomic E-state index is 12.2. The molecular weight excluding hydrogens is 446 g/mol. The summed E-state index contributed by atoms with van der Waals surface area (Å²) >= 11 is 6.24. The number of hydrogen-bond acceptors (Lipinski definition) is 6. The van der Waals surface area contributed by atoms with Gasteiger partial charge in [-0.3, -0.25) is 9.59 Å². The second kappa shape index (κ2) is 11.5. The minimum absolute atomic E-state index is 0.213. The Hall–Kier alpha value is -4.04. The van der Waals surface area contributed by atoms with Crippen LogP contribution in [0.3, 0.4) is 0 Å². The van der Waals surface area contributed by atoms with Crippen LogP contribution in [0.4, 0.5) is 5.69 Å². The maximum Gasteiger partial charge on any atom is 0.271 e. The lowest BCUT2D eigenvalue weighted by atomic mass is 10.2. The van der Waals surface area contributed by atoms with E-state index in [1.807, 2.05) is 0 Å². The summed E-state index contributed by atoms with van der Waals surface area (Å²) in [4.78, 5) is 24.3. The predicted molar refractivity (Wildman–Crippen MR) is 127 cm³/mol. The zero-order valence-electron chi connectivity index (χ0n) is 18.0. The Kier molecular flexibility index (Phi) is 8.26. The van der Waals surface area contributed by atoms with Gasteiger partial charge >= 0.3 is 0 Å². The quantitative estimate of drug-likeness (QED) is 0.364. The number of benzene rings is 3. The van der Waals surface area contributed by atoms with E-state index in [4.69, 9.17) is 25.8 Å². The molecule has 33 heavy (non-hydrogen) atoms. The van der Waals surface area contributed by atoms with E-state index in [-0.39, 0.29) is 18.4 Å². The molecule has 0 heterocycles. The smallest absolute Gasteiger partial charge is 0.271 e. The molecule has 0 saturated carbocycles. The lowest BCUT2D eigenvalue weighted by molar-refractivity contribution is -0.118. The number of hydrogen-bond donors (Lipinski definition) is 2. The molecule has 0 aliphatic heterocycles. The summed E-state index contributed by atoms with van der Waals surface area (Å²) in [5, 5.41) is 6.96. The van der Waals surface area contributed by atoms with Crippen molar-refractivity contribution in [2.45, 2.75) is 0 Å². The maximum absolute atomic E-state index is 12.2. The Labute approximate surface area is 196 Å². The summed E-state index contributed by atoms with van der Waals surface area (Å²) in [6.45, 7) is -0.213. The summed E-state index contributed by atoms with van der Waals surface area (Å²) in [5.41, 5.74) is 4.12. The van der Waals surface area contributed by atoms with Crippen LogP contribution in [0.15, 0.2) is 71.8 Å². The summed E-state index contributed by atoms with van der Waals surface area (Å²) in [7, 11) is 3.10. The van der Waals surface area contributed by atoms with Crippen LogP contribution in [-0.2, 0) is 4.79 Å². The molecule has 170 valence electrons. The van der Waals surface area contributed by atoms with Gasteiger partial charge < -0.3 is 19.5 Å². The third kappa shape index (κ3) is 6.98. The number of amides is 2. The number of carbonyl (C=O) groups excluding carboxylic acids is 2. The van der Waals surface area contributed by atoms with Crippen molar-refractivity contribution in [2.24, 2.45) is 5.10 Å². The Morgan fingerprint density at radius 2 is 1.73 bits per heavy atom. The van der Waals surface area contributed by atoms with Gasteiger partial charge in [-0.25, -0.2) is 5.43 Å². The molecule has 3 aromatic rings. The highest BCUT2D eigenvalue weighted by atomic mass is 35.5. The predicted octanol–water partition coefficient (Wildman–Crippen LogP) is 4.14. The molecule has 9 heteroatoms. The van der Waals surface area contributed by atoms with Crippen molar-refractivity contribution in [1.29, 1.82) is 0 Å². The zero-order valence-corrected chi connectivity index (χ0v) is 18.8. The first-order chi connectivity index (χ1) is 16.0. The summed E-state index contributed by atoms with van der Waals surface area (Å²) in [6.07, 6.45) is 1.45. The van der Waals surface area contributed by atoms with Gasteiger partial charge in [-0.2, -0.15) is 5.10 Å². The van der Waals surface area contributed by atoms with E-state index in [0.717, 1.165) is 0 Å². The molecule has 2 amide bonds. The van der Waals surface area contributed by atoms with Crippen LogP contribution in [0.1, 0.15) is 15.9 Å². The first-order valence-electron chi connectivity index (χ1n) is 9.82. The Morgan fingerprint density at radius 1 is 0.970 bits per heavy atom. The van der Waals surface area contributed by atoms with Crippen LogP contribution < -0.4 is 25.0 Å². The average molecular weight is 468 g/mol. The molecule has 0 aliphatic rings. The van der Waals surface area contributed by atoms with Crippen LogP contribution in [0.2, 0.25) is 5.02 Å². The van der Waals surface area contributed by atoms with Crippen molar-refractivity contribution in [3.63, 3.8) is 0 Å². The molecule has 0 atom stereocenters. The number of nitrogens with one attached hydrogen (secondary N) is 2. The Morgan fingerprint density at radius 3 is 2.42 bits per heavy atom. The highest BCUT2D eigenvalue weighted by molar-refractivity contribution is 6.32. The fourth-order valence-corrected chi connectivity index (χ4v) is 2.97. The molecule has 3 aromatic carbocycles. The van der Waals surface area contributed by atoms with Crippen molar-refractivity contribution in [3.05, 3.63) is 82.9 Å². The van der Waals surface area contributed by atoms with Crippen molar-refractivity contribution in [3.8, 4) is 17.2 Å². The summed E-state index contributed by atoms with van der Waals surface area (Å²) in [5.74, 6) is 0.909. The number of methoxy groups -OCH3 is 2. The van der Waals surface area contributed by atoms with E-state index in [1.165, 1.54) is 13.3 Å². The third-order valence-corrected chi connectivity index (χ3v) is 4.70. The van der Waals surface area contributed by atoms with Gasteiger partial charge in [0.2, 0.25) is 0 Å². The molecule has 0 aromatic heterocycles. The van der Waals surface area contributed by atoms with Crippen LogP contribution in [0.5, 0.6) is 17.2 Å². The highest BCUT2D eigenvalue weighted by Gasteiger charge is 2.08. The third-order valence-electron chi connectivity index (χ3n) is 4.40. The molecule has 0 fully saturated rings. The van der Waals surface area contributed by atoms with E-state index in [2.05, 4.69) is 15.8 Å². The van der Waals surface area contributed by atoms with Crippen LogP contribution >= 0.6 is 11.6 Å². The monoisotopic (exact) mass is 467 g/mol. The number of hydrazone groups is 1. The summed E-state index contributed by atoms with van der Waals surface area (Å²) < 4.78 is 15.7. The molecule has 3 rings (SSSR count). The van der Waals surface area contributed by atoms with Crippen molar-refractivity contribution in [1.82, 2.24) is 5.43 Å². The second-order valence-electron chi connectivity index (χ2n) is 6.69. The lowest BCUT2D eigenvalue weighted by Gasteiger charge is -2.09. The van der Waals surface area contributed by atoms with E-state index in [0.29, 0.717) is 39.1 Å². The molecule has 0 bridgehead atoms. The van der Waals surface area contributed by atoms with Gasteiger partial charge in [-0.1, -0.05) is 17.7 Å². The standard InChI is InChI=1S/C24H22ClN3O5/c1-31-19-9-7-18(8-10-19)27-23(29)15-33-22-11-6-16(12-21(22)25)14-26-28-24(30)17-4-3-5-20(13-17)32-2/h3-14H,15H2,1-2H3,(H,27,29)(H,28,30)/b26-14+. The molecule has 0 unspecified atom stereocenters. The number of rotatable bonds is 9. The average Bonchev–Trinajstić information content (AvgIpc) is 2.84. The van der Waals surface area contributed by atoms with Gasteiger partial charge in [0, 0.05) is 11.3 Å². The van der Waals surface area contributed by atoms with E-state index in [9.17, 15) is 9.59 Å². The van der Waals surface area contributed by atoms with Crippen LogP contribution in [-0.4, -0.2) is 38.9 Å². The fourth-order valence-electron chi connectivity index (χ4n) is 2.72. The Bertz CT molecular complexity index is 1150. The molecular formula is C24H22ClN3O5. The van der Waals surface area contributed by atoms with Crippen LogP contribution in [0.25, 0.3) is 0 Å². The first-order valence-corrected chi connectivity index (χ1v) is 10.2. The molecule has 0 spiro atoms. The molecule has 0 aliphatic carbocycles. The number of carbonyl (C=O) groups is 2. The van der Waals surface area contributed by atoms with Gasteiger partial charge in [-0.05, 0) is 66.2 Å². The molecule has 0 saturated heterocycles. The number of ether oxygens (including phenoxy) is 3. The van der Waals surface area contributed by atoms with Gasteiger partial charge in [-0.15, -0.1) is 0 Å². The number of anilines is 1. The van der Waals surface area contributed by atoms with E-state index < -0.39 is 0 Å². The summed E-state index contributed by atoms with van der Waals surface area (Å²) in [6, 6.07) is 18.6. The topological polar surface area (TPSA) is 98.3 Å². The lowest BCUT2D eigenvalue weighted by Crippen LogP contribution is -2.20. The van der Waals surface area contributed by atoms with Crippen LogP contribution in [0, 0.1) is 0 Å². The van der Waals surface area contributed by atoms with Crippen molar-refractivity contribution in [2.75, 3.05) is 26.1 Å². The normalized spacial score (nSPS) is 10.5. The van der Waals surface area contributed by atoms with Crippen molar-refractivity contribution >= 4 is 35.3 Å². The zero-order chi connectivity index (χ0) is 23.6. The Balaban J connectivity index is 1.51. The van der Waals surface area contributed by atoms with E-state index in [1.54, 1.807) is 73.8 Å². The molecule has 0 radical (unpaired) electrons. The first kappa shape index (κ1) is 23.6. The molecule has 2 N–H and O–H groups in total. The molecule has 8 nitrogen and oxygen atoms in total. The minimum Gasteiger partial charge on any atom is -0.497 e. The van der Waals surface area contributed by atoms with Gasteiger partial charge in [0.05, 0.1) is 25.5 Å². The van der Waals surface area contributed by atoms with Crippen molar-refractivity contribution < 1.29 is 23.8 Å². The highest BCUT2D eigenvalue weighted by Crippen LogP contribution is 2.25. The number of nitrogens with zero attached hydrogens (tertiary/aromatic N) is 1. The largest absolute Gasteiger partial charge is 0.497 e. The second-order valence-corrected chi connectivity index (χ2v) is 7.09. The fraction of sp³-hybridized carbons (Fsp3) is 0.125. The van der Waals surface area contributed by atoms with E-state index >= 15 is 0 Å². The van der Waals surface area contributed by atoms with Gasteiger partial charge in [0.1, 0.15) is 17.2 Å². The minimum atomic E-state index is -0.376.